The fraction of sp³-hybridized carbons (Fsp3) is 0.350. The Labute approximate surface area is 154 Å². The van der Waals surface area contributed by atoms with Crippen molar-refractivity contribution in [2.45, 2.75) is 26.2 Å². The van der Waals surface area contributed by atoms with Gasteiger partial charge in [0.25, 0.3) is 0 Å². The molecule has 0 aliphatic carbocycles. The molecule has 0 saturated heterocycles. The van der Waals surface area contributed by atoms with E-state index >= 15 is 0 Å². The van der Waals surface area contributed by atoms with Gasteiger partial charge in [-0.15, -0.1) is 0 Å². The Kier molecular flexibility index (Phi) is 7.89. The summed E-state index contributed by atoms with van der Waals surface area (Å²) in [6, 6.07) is 14.3. The van der Waals surface area contributed by atoms with Gasteiger partial charge in [0.05, 0.1) is 13.2 Å². The van der Waals surface area contributed by atoms with E-state index in [2.05, 4.69) is 27.8 Å². The Balaban J connectivity index is 1.76. The molecule has 5 nitrogen and oxygen atoms in total. The monoisotopic (exact) mass is 359 g/mol. The number of guanidine groups is 1. The molecule has 0 aliphatic heterocycles. The predicted octanol–water partition coefficient (Wildman–Crippen LogP) is 3.10. The minimum absolute atomic E-state index is 0.135. The Bertz CT molecular complexity index is 704. The first-order valence-corrected chi connectivity index (χ1v) is 8.54. The predicted molar refractivity (Wildman–Crippen MR) is 102 cm³/mol. The lowest BCUT2D eigenvalue weighted by atomic mass is 10.1. The topological polar surface area (TPSA) is 54.9 Å². The van der Waals surface area contributed by atoms with Crippen molar-refractivity contribution in [3.05, 3.63) is 65.5 Å². The molecule has 1 atom stereocenters. The number of nitrogens with one attached hydrogen (secondary N) is 2. The lowest BCUT2D eigenvalue weighted by Gasteiger charge is -2.18. The molecule has 0 saturated carbocycles. The largest absolute Gasteiger partial charge is 0.489 e. The number of hydrogen-bond acceptors (Lipinski definition) is 3. The SMILES string of the molecule is CN=C(NCc1ccc(COC)cc1)NCC(C)Oc1cccc(F)c1. The van der Waals surface area contributed by atoms with Gasteiger partial charge >= 0.3 is 0 Å². The lowest BCUT2D eigenvalue weighted by molar-refractivity contribution is 0.185. The first-order chi connectivity index (χ1) is 12.6. The maximum Gasteiger partial charge on any atom is 0.191 e. The molecule has 2 aromatic carbocycles. The van der Waals surface area contributed by atoms with Crippen LogP contribution in [0.4, 0.5) is 4.39 Å². The van der Waals surface area contributed by atoms with E-state index in [4.69, 9.17) is 9.47 Å². The summed E-state index contributed by atoms with van der Waals surface area (Å²) in [6.45, 7) is 3.73. The van der Waals surface area contributed by atoms with Crippen molar-refractivity contribution in [2.24, 2.45) is 4.99 Å². The van der Waals surface area contributed by atoms with Crippen LogP contribution in [-0.4, -0.2) is 32.8 Å². The van der Waals surface area contributed by atoms with Crippen molar-refractivity contribution >= 4 is 5.96 Å². The second-order valence-corrected chi connectivity index (χ2v) is 5.94. The van der Waals surface area contributed by atoms with Crippen LogP contribution in [0.5, 0.6) is 5.75 Å². The maximum absolute atomic E-state index is 13.2. The highest BCUT2D eigenvalue weighted by atomic mass is 19.1. The first-order valence-electron chi connectivity index (χ1n) is 8.54. The molecule has 26 heavy (non-hydrogen) atoms. The van der Waals surface area contributed by atoms with Gasteiger partial charge in [0, 0.05) is 26.8 Å². The quantitative estimate of drug-likeness (QED) is 0.562. The standard InChI is InChI=1S/C20H26FN3O2/c1-15(26-19-6-4-5-18(21)11-19)12-23-20(22-2)24-13-16-7-9-17(10-8-16)14-25-3/h4-11,15H,12-14H2,1-3H3,(H2,22,23,24). The first kappa shape index (κ1) is 19.7. The molecule has 0 aromatic heterocycles. The van der Waals surface area contributed by atoms with Gasteiger partial charge in [0.2, 0.25) is 0 Å². The average Bonchev–Trinajstić information content (AvgIpc) is 2.63. The van der Waals surface area contributed by atoms with Crippen LogP contribution < -0.4 is 15.4 Å². The zero-order chi connectivity index (χ0) is 18.8. The molecular formula is C20H26FN3O2. The summed E-state index contributed by atoms with van der Waals surface area (Å²) in [4.78, 5) is 4.20. The normalized spacial score (nSPS) is 12.5. The second-order valence-electron chi connectivity index (χ2n) is 5.94. The van der Waals surface area contributed by atoms with E-state index < -0.39 is 0 Å². The summed E-state index contributed by atoms with van der Waals surface area (Å²) < 4.78 is 24.0. The van der Waals surface area contributed by atoms with Crippen LogP contribution in [0.3, 0.4) is 0 Å². The summed E-state index contributed by atoms with van der Waals surface area (Å²) in [5, 5.41) is 6.46. The summed E-state index contributed by atoms with van der Waals surface area (Å²) in [5.74, 6) is 0.885. The molecule has 2 N–H and O–H groups in total. The van der Waals surface area contributed by atoms with Gasteiger partial charge in [-0.1, -0.05) is 30.3 Å². The number of benzene rings is 2. The van der Waals surface area contributed by atoms with Crippen molar-refractivity contribution in [1.82, 2.24) is 10.6 Å². The van der Waals surface area contributed by atoms with Crippen molar-refractivity contribution in [3.63, 3.8) is 0 Å². The lowest BCUT2D eigenvalue weighted by Crippen LogP contribution is -2.41. The van der Waals surface area contributed by atoms with Crippen LogP contribution in [0.2, 0.25) is 0 Å². The zero-order valence-corrected chi connectivity index (χ0v) is 15.5. The highest BCUT2D eigenvalue weighted by molar-refractivity contribution is 5.79. The van der Waals surface area contributed by atoms with Crippen molar-refractivity contribution in [3.8, 4) is 5.75 Å². The van der Waals surface area contributed by atoms with E-state index in [1.807, 2.05) is 19.1 Å². The molecule has 0 radical (unpaired) electrons. The van der Waals surface area contributed by atoms with Crippen LogP contribution in [0.25, 0.3) is 0 Å². The number of aliphatic imine (C=N–C) groups is 1. The molecule has 0 amide bonds. The number of nitrogens with zero attached hydrogens (tertiary/aromatic N) is 1. The third-order valence-electron chi connectivity index (χ3n) is 3.71. The highest BCUT2D eigenvalue weighted by Gasteiger charge is 2.06. The summed E-state index contributed by atoms with van der Waals surface area (Å²) in [5.41, 5.74) is 2.29. The van der Waals surface area contributed by atoms with E-state index in [1.165, 1.54) is 12.1 Å². The molecule has 2 aromatic rings. The number of halogens is 1. The third kappa shape index (κ3) is 6.72. The number of methoxy groups -OCH3 is 1. The Morgan fingerprint density at radius 3 is 2.50 bits per heavy atom. The second kappa shape index (κ2) is 10.4. The van der Waals surface area contributed by atoms with Gasteiger partial charge < -0.3 is 20.1 Å². The van der Waals surface area contributed by atoms with Crippen LogP contribution in [0.1, 0.15) is 18.1 Å². The molecule has 140 valence electrons. The maximum atomic E-state index is 13.2. The van der Waals surface area contributed by atoms with Crippen molar-refractivity contribution < 1.29 is 13.9 Å². The van der Waals surface area contributed by atoms with E-state index in [9.17, 15) is 4.39 Å². The average molecular weight is 359 g/mol. The Morgan fingerprint density at radius 1 is 1.12 bits per heavy atom. The summed E-state index contributed by atoms with van der Waals surface area (Å²) >= 11 is 0. The van der Waals surface area contributed by atoms with Crippen LogP contribution in [0, 0.1) is 5.82 Å². The minimum Gasteiger partial charge on any atom is -0.489 e. The fourth-order valence-electron chi connectivity index (χ4n) is 2.38. The smallest absolute Gasteiger partial charge is 0.191 e. The molecule has 0 bridgehead atoms. The van der Waals surface area contributed by atoms with Crippen molar-refractivity contribution in [1.29, 1.82) is 0 Å². The third-order valence-corrected chi connectivity index (χ3v) is 3.71. The van der Waals surface area contributed by atoms with Crippen LogP contribution in [-0.2, 0) is 17.9 Å². The van der Waals surface area contributed by atoms with Crippen LogP contribution in [0.15, 0.2) is 53.5 Å². The van der Waals surface area contributed by atoms with E-state index in [-0.39, 0.29) is 11.9 Å². The Hall–Kier alpha value is -2.60. The van der Waals surface area contributed by atoms with Gasteiger partial charge in [0.15, 0.2) is 5.96 Å². The molecule has 0 aliphatic rings. The molecule has 0 spiro atoms. The zero-order valence-electron chi connectivity index (χ0n) is 15.5. The summed E-state index contributed by atoms with van der Waals surface area (Å²) in [7, 11) is 3.40. The molecule has 2 rings (SSSR count). The molecule has 1 unspecified atom stereocenters. The van der Waals surface area contributed by atoms with Crippen LogP contribution >= 0.6 is 0 Å². The van der Waals surface area contributed by atoms with Gasteiger partial charge in [0.1, 0.15) is 17.7 Å². The van der Waals surface area contributed by atoms with Gasteiger partial charge in [-0.25, -0.2) is 4.39 Å². The molecular weight excluding hydrogens is 333 g/mol. The van der Waals surface area contributed by atoms with E-state index in [0.29, 0.717) is 31.4 Å². The number of hydrogen-bond donors (Lipinski definition) is 2. The van der Waals surface area contributed by atoms with Gasteiger partial charge in [-0.05, 0) is 30.2 Å². The highest BCUT2D eigenvalue weighted by Crippen LogP contribution is 2.13. The van der Waals surface area contributed by atoms with E-state index in [0.717, 1.165) is 11.1 Å². The Morgan fingerprint density at radius 2 is 1.85 bits per heavy atom. The summed E-state index contributed by atoms with van der Waals surface area (Å²) in [6.07, 6.45) is -0.135. The van der Waals surface area contributed by atoms with Gasteiger partial charge in [-0.3, -0.25) is 4.99 Å². The minimum atomic E-state index is -0.309. The molecule has 6 heteroatoms. The van der Waals surface area contributed by atoms with Gasteiger partial charge in [-0.2, -0.15) is 0 Å². The number of rotatable bonds is 8. The van der Waals surface area contributed by atoms with E-state index in [1.54, 1.807) is 26.3 Å². The number of ether oxygens (including phenoxy) is 2. The van der Waals surface area contributed by atoms with Crippen molar-refractivity contribution in [2.75, 3.05) is 20.7 Å². The fourth-order valence-corrected chi connectivity index (χ4v) is 2.38. The molecule has 0 fully saturated rings. The molecule has 0 heterocycles.